The number of halogens is 1. The standard InChI is InChI=1S/C19H15BrN8/c1-11(28-19-18(25-26-28)22-9-17(20)24-19)12-3-4-16-13(5-12)6-14(7-21-16)15-8-23-27(2)10-15/h3-11H,1-2H3. The van der Waals surface area contributed by atoms with Gasteiger partial charge in [0.25, 0.3) is 0 Å². The molecule has 0 aliphatic heterocycles. The van der Waals surface area contributed by atoms with Gasteiger partial charge in [-0.3, -0.25) is 9.67 Å². The fourth-order valence-electron chi connectivity index (χ4n) is 3.25. The van der Waals surface area contributed by atoms with Crippen molar-refractivity contribution in [2.75, 3.05) is 0 Å². The van der Waals surface area contributed by atoms with Crippen LogP contribution < -0.4 is 0 Å². The average Bonchev–Trinajstić information content (AvgIpc) is 3.32. The molecule has 0 aliphatic rings. The molecule has 1 aromatic carbocycles. The van der Waals surface area contributed by atoms with Gasteiger partial charge in [0.15, 0.2) is 5.65 Å². The van der Waals surface area contributed by atoms with Crippen LogP contribution in [0.5, 0.6) is 0 Å². The zero-order chi connectivity index (χ0) is 19.3. The summed E-state index contributed by atoms with van der Waals surface area (Å²) in [7, 11) is 1.90. The third-order valence-corrected chi connectivity index (χ3v) is 5.13. The van der Waals surface area contributed by atoms with Crippen LogP contribution in [-0.2, 0) is 7.05 Å². The Kier molecular flexibility index (Phi) is 3.90. The molecule has 1 unspecified atom stereocenters. The summed E-state index contributed by atoms with van der Waals surface area (Å²) in [6, 6.07) is 8.29. The van der Waals surface area contributed by atoms with Crippen LogP contribution in [0.15, 0.2) is 53.7 Å². The van der Waals surface area contributed by atoms with E-state index in [0.717, 1.165) is 27.6 Å². The number of benzene rings is 1. The highest BCUT2D eigenvalue weighted by Crippen LogP contribution is 2.27. The van der Waals surface area contributed by atoms with Crippen LogP contribution in [0.25, 0.3) is 33.3 Å². The number of hydrogen-bond donors (Lipinski definition) is 0. The van der Waals surface area contributed by atoms with Crippen molar-refractivity contribution < 1.29 is 0 Å². The van der Waals surface area contributed by atoms with E-state index in [-0.39, 0.29) is 6.04 Å². The molecule has 0 amide bonds. The van der Waals surface area contributed by atoms with Crippen LogP contribution >= 0.6 is 15.9 Å². The molecule has 138 valence electrons. The molecule has 0 saturated carbocycles. The van der Waals surface area contributed by atoms with E-state index >= 15 is 0 Å². The second-order valence-corrected chi connectivity index (χ2v) is 7.44. The molecular weight excluding hydrogens is 420 g/mol. The van der Waals surface area contributed by atoms with Crippen LogP contribution in [0.2, 0.25) is 0 Å². The highest BCUT2D eigenvalue weighted by molar-refractivity contribution is 9.10. The van der Waals surface area contributed by atoms with Crippen molar-refractivity contribution in [3.63, 3.8) is 0 Å². The smallest absolute Gasteiger partial charge is 0.221 e. The van der Waals surface area contributed by atoms with Crippen molar-refractivity contribution in [2.45, 2.75) is 13.0 Å². The zero-order valence-electron chi connectivity index (χ0n) is 15.2. The highest BCUT2D eigenvalue weighted by atomic mass is 79.9. The lowest BCUT2D eigenvalue weighted by molar-refractivity contribution is 0.556. The number of fused-ring (bicyclic) bond motifs is 2. The van der Waals surface area contributed by atoms with E-state index in [1.165, 1.54) is 0 Å². The van der Waals surface area contributed by atoms with Crippen LogP contribution in [0, 0.1) is 0 Å². The molecule has 0 N–H and O–H groups in total. The van der Waals surface area contributed by atoms with E-state index in [1.54, 1.807) is 15.6 Å². The molecule has 0 radical (unpaired) electrons. The third-order valence-electron chi connectivity index (χ3n) is 4.75. The first kappa shape index (κ1) is 16.9. The molecule has 5 rings (SSSR count). The van der Waals surface area contributed by atoms with Gasteiger partial charge in [0, 0.05) is 36.0 Å². The molecule has 4 heterocycles. The SMILES string of the molecule is CC(c1ccc2ncc(-c3cnn(C)c3)cc2c1)n1nnc2ncc(Br)nc21. The lowest BCUT2D eigenvalue weighted by Gasteiger charge is -2.13. The van der Waals surface area contributed by atoms with Crippen LogP contribution in [0.3, 0.4) is 0 Å². The number of aryl methyl sites for hydroxylation is 1. The summed E-state index contributed by atoms with van der Waals surface area (Å²) in [5, 5.41) is 13.7. The summed E-state index contributed by atoms with van der Waals surface area (Å²) in [5.41, 5.74) is 5.27. The normalized spacial score (nSPS) is 12.7. The van der Waals surface area contributed by atoms with E-state index in [4.69, 9.17) is 0 Å². The van der Waals surface area contributed by atoms with Gasteiger partial charge in [-0.25, -0.2) is 14.6 Å². The number of aromatic nitrogens is 8. The molecule has 5 aromatic rings. The first-order valence-corrected chi connectivity index (χ1v) is 9.50. The Balaban J connectivity index is 1.58. The van der Waals surface area contributed by atoms with Gasteiger partial charge in [0.2, 0.25) is 5.65 Å². The van der Waals surface area contributed by atoms with Crippen molar-refractivity contribution in [1.82, 2.24) is 39.7 Å². The van der Waals surface area contributed by atoms with E-state index in [1.807, 2.05) is 31.7 Å². The van der Waals surface area contributed by atoms with Crippen molar-refractivity contribution in [2.24, 2.45) is 7.05 Å². The summed E-state index contributed by atoms with van der Waals surface area (Å²) >= 11 is 3.36. The molecule has 8 nitrogen and oxygen atoms in total. The van der Waals surface area contributed by atoms with Crippen LogP contribution in [0.4, 0.5) is 0 Å². The second kappa shape index (κ2) is 6.45. The van der Waals surface area contributed by atoms with Gasteiger partial charge < -0.3 is 0 Å². The maximum Gasteiger partial charge on any atom is 0.221 e. The zero-order valence-corrected chi connectivity index (χ0v) is 16.7. The van der Waals surface area contributed by atoms with Gasteiger partial charge in [-0.15, -0.1) is 5.10 Å². The molecule has 28 heavy (non-hydrogen) atoms. The summed E-state index contributed by atoms with van der Waals surface area (Å²) in [6.45, 7) is 2.07. The predicted molar refractivity (Wildman–Crippen MR) is 109 cm³/mol. The number of rotatable bonds is 3. The van der Waals surface area contributed by atoms with E-state index < -0.39 is 0 Å². The predicted octanol–water partition coefficient (Wildman–Crippen LogP) is 3.54. The quantitative estimate of drug-likeness (QED) is 0.431. The van der Waals surface area contributed by atoms with E-state index in [0.29, 0.717) is 15.9 Å². The minimum atomic E-state index is -0.0555. The Hall–Kier alpha value is -3.20. The lowest BCUT2D eigenvalue weighted by atomic mass is 10.0. The van der Waals surface area contributed by atoms with Gasteiger partial charge in [-0.2, -0.15) is 5.10 Å². The molecule has 0 saturated heterocycles. The van der Waals surface area contributed by atoms with Crippen LogP contribution in [-0.4, -0.2) is 39.7 Å². The Morgan fingerprint density at radius 2 is 1.93 bits per heavy atom. The Bertz CT molecular complexity index is 1320. The van der Waals surface area contributed by atoms with Crippen LogP contribution in [0.1, 0.15) is 18.5 Å². The van der Waals surface area contributed by atoms with Gasteiger partial charge in [-0.1, -0.05) is 11.3 Å². The number of pyridine rings is 1. The van der Waals surface area contributed by atoms with Gasteiger partial charge >= 0.3 is 0 Å². The number of nitrogens with zero attached hydrogens (tertiary/aromatic N) is 8. The number of hydrogen-bond acceptors (Lipinski definition) is 6. The Morgan fingerprint density at radius 1 is 1.04 bits per heavy atom. The molecule has 0 fully saturated rings. The topological polar surface area (TPSA) is 87.2 Å². The summed E-state index contributed by atoms with van der Waals surface area (Å²) < 4.78 is 4.22. The van der Waals surface area contributed by atoms with Crippen molar-refractivity contribution >= 4 is 38.1 Å². The maximum absolute atomic E-state index is 4.59. The summed E-state index contributed by atoms with van der Waals surface area (Å²) in [4.78, 5) is 13.3. The molecule has 4 aromatic heterocycles. The van der Waals surface area contributed by atoms with Gasteiger partial charge in [0.1, 0.15) is 4.60 Å². The van der Waals surface area contributed by atoms with Gasteiger partial charge in [-0.05, 0) is 46.6 Å². The van der Waals surface area contributed by atoms with Crippen molar-refractivity contribution in [3.8, 4) is 11.1 Å². The molecule has 1 atom stereocenters. The first-order valence-electron chi connectivity index (χ1n) is 8.70. The maximum atomic E-state index is 4.59. The molecule has 0 spiro atoms. The Morgan fingerprint density at radius 3 is 2.75 bits per heavy atom. The molecule has 9 heteroatoms. The minimum absolute atomic E-state index is 0.0555. The fraction of sp³-hybridized carbons (Fsp3) is 0.158. The van der Waals surface area contributed by atoms with Crippen molar-refractivity contribution in [3.05, 3.63) is 59.2 Å². The first-order chi connectivity index (χ1) is 13.6. The summed E-state index contributed by atoms with van der Waals surface area (Å²) in [5.74, 6) is 0. The largest absolute Gasteiger partial charge is 0.275 e. The monoisotopic (exact) mass is 434 g/mol. The molecule has 0 bridgehead atoms. The highest BCUT2D eigenvalue weighted by Gasteiger charge is 2.16. The van der Waals surface area contributed by atoms with Gasteiger partial charge in [0.05, 0.1) is 24.0 Å². The third kappa shape index (κ3) is 2.84. The lowest BCUT2D eigenvalue weighted by Crippen LogP contribution is -2.09. The van der Waals surface area contributed by atoms with E-state index in [9.17, 15) is 0 Å². The molecule has 0 aliphatic carbocycles. The fourth-order valence-corrected chi connectivity index (χ4v) is 3.52. The van der Waals surface area contributed by atoms with Crippen molar-refractivity contribution in [1.29, 1.82) is 0 Å². The Labute approximate surface area is 168 Å². The summed E-state index contributed by atoms with van der Waals surface area (Å²) in [6.07, 6.45) is 7.31. The average molecular weight is 435 g/mol. The molecular formula is C19H15BrN8. The minimum Gasteiger partial charge on any atom is -0.275 e. The van der Waals surface area contributed by atoms with E-state index in [2.05, 4.69) is 71.4 Å². The second-order valence-electron chi connectivity index (χ2n) is 6.63.